The molecule has 31 heavy (non-hydrogen) atoms. The van der Waals surface area contributed by atoms with E-state index in [1.54, 1.807) is 6.92 Å². The first-order chi connectivity index (χ1) is 14.6. The zero-order valence-electron chi connectivity index (χ0n) is 16.7. The average molecular weight is 449 g/mol. The van der Waals surface area contributed by atoms with Gasteiger partial charge in [-0.3, -0.25) is 4.72 Å². The molecule has 0 aliphatic carbocycles. The number of carbonyl (C=O) groups is 1. The number of nitrogens with one attached hydrogen (secondary N) is 1. The Morgan fingerprint density at radius 2 is 2.03 bits per heavy atom. The maximum Gasteiger partial charge on any atom is 0.335 e. The van der Waals surface area contributed by atoms with Crippen molar-refractivity contribution < 1.29 is 27.1 Å². The summed E-state index contributed by atoms with van der Waals surface area (Å²) >= 11 is 0. The lowest BCUT2D eigenvalue weighted by Crippen LogP contribution is -2.43. The summed E-state index contributed by atoms with van der Waals surface area (Å²) in [6, 6.07) is 9.87. The second kappa shape index (κ2) is 8.51. The van der Waals surface area contributed by atoms with Gasteiger partial charge in [-0.25, -0.2) is 22.0 Å². The van der Waals surface area contributed by atoms with Gasteiger partial charge in [0.05, 0.1) is 40.0 Å². The van der Waals surface area contributed by atoms with Crippen molar-refractivity contribution in [2.45, 2.75) is 37.0 Å². The second-order valence-corrected chi connectivity index (χ2v) is 8.96. The Kier molecular flexibility index (Phi) is 6.18. The third-order valence-electron chi connectivity index (χ3n) is 5.09. The van der Waals surface area contributed by atoms with Crippen molar-refractivity contribution in [1.82, 2.24) is 0 Å². The van der Waals surface area contributed by atoms with E-state index in [2.05, 4.69) is 4.72 Å². The van der Waals surface area contributed by atoms with Crippen molar-refractivity contribution in [3.8, 4) is 6.07 Å². The van der Waals surface area contributed by atoms with Gasteiger partial charge in [-0.05, 0) is 48.7 Å². The molecule has 0 aromatic heterocycles. The van der Waals surface area contributed by atoms with Crippen LogP contribution in [0.1, 0.15) is 41.3 Å². The number of halogens is 2. The Labute approximate surface area is 179 Å². The van der Waals surface area contributed by atoms with Gasteiger partial charge < -0.3 is 10.0 Å². The largest absolute Gasteiger partial charge is 0.478 e. The van der Waals surface area contributed by atoms with Crippen LogP contribution in [0, 0.1) is 11.3 Å². The van der Waals surface area contributed by atoms with E-state index >= 15 is 0 Å². The van der Waals surface area contributed by atoms with Crippen molar-refractivity contribution in [3.05, 3.63) is 53.1 Å². The summed E-state index contributed by atoms with van der Waals surface area (Å²) in [6.07, 6.45) is 0.322. The highest BCUT2D eigenvalue weighted by Gasteiger charge is 2.36. The summed E-state index contributed by atoms with van der Waals surface area (Å²) in [7, 11) is -4.26. The number of anilines is 2. The number of rotatable bonds is 6. The van der Waals surface area contributed by atoms with Crippen LogP contribution in [0.3, 0.4) is 0 Å². The first kappa shape index (κ1) is 22.5. The first-order valence-electron chi connectivity index (χ1n) is 9.62. The molecule has 164 valence electrons. The van der Waals surface area contributed by atoms with E-state index in [0.29, 0.717) is 18.5 Å². The normalized spacial score (nSPS) is 15.9. The van der Waals surface area contributed by atoms with E-state index < -0.39 is 28.5 Å². The zero-order valence-corrected chi connectivity index (χ0v) is 17.5. The molecule has 1 heterocycles. The number of alkyl halides is 2. The lowest BCUT2D eigenvalue weighted by Gasteiger charge is -2.35. The second-order valence-electron chi connectivity index (χ2n) is 7.31. The summed E-state index contributed by atoms with van der Waals surface area (Å²) in [4.78, 5) is 12.5. The third-order valence-corrected chi connectivity index (χ3v) is 6.54. The molecule has 2 aromatic carbocycles. The number of sulfonamides is 1. The number of nitrogens with zero attached hydrogens (tertiary/aromatic N) is 2. The first-order valence-corrected chi connectivity index (χ1v) is 11.1. The molecule has 0 atom stereocenters. The SMILES string of the molecule is CCc1ccc(C(=O)O)cc1S(=O)(=O)Nc1cc(C#N)ccc1N1CCCC(F)(F)C1. The Bertz CT molecular complexity index is 1160. The molecule has 0 unspecified atom stereocenters. The summed E-state index contributed by atoms with van der Waals surface area (Å²) < 4.78 is 56.6. The number of aryl methyl sites for hydroxylation is 1. The fraction of sp³-hybridized carbons (Fsp3) is 0.333. The molecule has 1 aliphatic heterocycles. The van der Waals surface area contributed by atoms with Crippen molar-refractivity contribution in [2.24, 2.45) is 0 Å². The topological polar surface area (TPSA) is 110 Å². The van der Waals surface area contributed by atoms with Gasteiger partial charge in [0, 0.05) is 13.0 Å². The minimum Gasteiger partial charge on any atom is -0.478 e. The minimum atomic E-state index is -4.26. The van der Waals surface area contributed by atoms with Gasteiger partial charge in [0.1, 0.15) is 0 Å². The number of nitriles is 1. The molecule has 0 radical (unpaired) electrons. The van der Waals surface area contributed by atoms with E-state index in [-0.39, 0.29) is 40.2 Å². The van der Waals surface area contributed by atoms with Crippen LogP contribution >= 0.6 is 0 Å². The molecule has 0 spiro atoms. The Hall–Kier alpha value is -3.19. The molecule has 0 saturated carbocycles. The van der Waals surface area contributed by atoms with Gasteiger partial charge in [0.25, 0.3) is 15.9 Å². The van der Waals surface area contributed by atoms with Crippen molar-refractivity contribution in [1.29, 1.82) is 5.26 Å². The monoisotopic (exact) mass is 449 g/mol. The summed E-state index contributed by atoms with van der Waals surface area (Å²) in [5.41, 5.74) is 0.577. The summed E-state index contributed by atoms with van der Waals surface area (Å²) in [5, 5.41) is 18.4. The van der Waals surface area contributed by atoms with Crippen LogP contribution in [0.15, 0.2) is 41.3 Å². The molecule has 10 heteroatoms. The van der Waals surface area contributed by atoms with Crippen LogP contribution in [0.5, 0.6) is 0 Å². The smallest absolute Gasteiger partial charge is 0.335 e. The van der Waals surface area contributed by atoms with Crippen molar-refractivity contribution >= 4 is 27.4 Å². The number of aromatic carboxylic acids is 1. The van der Waals surface area contributed by atoms with Crippen LogP contribution in [0.2, 0.25) is 0 Å². The number of piperidine rings is 1. The molecular formula is C21H21F2N3O4S. The molecule has 3 rings (SSSR count). The molecule has 7 nitrogen and oxygen atoms in total. The van der Waals surface area contributed by atoms with E-state index in [9.17, 15) is 32.4 Å². The number of hydrogen-bond acceptors (Lipinski definition) is 5. The van der Waals surface area contributed by atoms with Crippen LogP contribution < -0.4 is 9.62 Å². The summed E-state index contributed by atoms with van der Waals surface area (Å²) in [5.74, 6) is -4.19. The van der Waals surface area contributed by atoms with E-state index in [1.165, 1.54) is 35.2 Å². The highest BCUT2D eigenvalue weighted by atomic mass is 32.2. The fourth-order valence-electron chi connectivity index (χ4n) is 3.56. The van der Waals surface area contributed by atoms with Gasteiger partial charge in [-0.15, -0.1) is 0 Å². The van der Waals surface area contributed by atoms with Crippen LogP contribution in [0.25, 0.3) is 0 Å². The van der Waals surface area contributed by atoms with Gasteiger partial charge in [-0.1, -0.05) is 13.0 Å². The maximum atomic E-state index is 14.0. The molecule has 1 fully saturated rings. The number of hydrogen-bond donors (Lipinski definition) is 2. The molecule has 2 N–H and O–H groups in total. The molecule has 1 aliphatic rings. The van der Waals surface area contributed by atoms with E-state index in [4.69, 9.17) is 0 Å². The number of benzene rings is 2. The Balaban J connectivity index is 2.06. The molecule has 0 amide bonds. The van der Waals surface area contributed by atoms with Gasteiger partial charge in [-0.2, -0.15) is 5.26 Å². The van der Waals surface area contributed by atoms with Crippen molar-refractivity contribution in [3.63, 3.8) is 0 Å². The number of carboxylic acids is 1. The molecule has 1 saturated heterocycles. The van der Waals surface area contributed by atoms with E-state index in [0.717, 1.165) is 6.07 Å². The van der Waals surface area contributed by atoms with Crippen LogP contribution in [-0.4, -0.2) is 38.5 Å². The van der Waals surface area contributed by atoms with Gasteiger partial charge in [0.15, 0.2) is 0 Å². The highest BCUT2D eigenvalue weighted by Crippen LogP contribution is 2.35. The van der Waals surface area contributed by atoms with Crippen LogP contribution in [-0.2, 0) is 16.4 Å². The summed E-state index contributed by atoms with van der Waals surface area (Å²) in [6.45, 7) is 1.47. The molecular weight excluding hydrogens is 428 g/mol. The molecule has 2 aromatic rings. The predicted molar refractivity (Wildman–Crippen MR) is 111 cm³/mol. The quantitative estimate of drug-likeness (QED) is 0.693. The van der Waals surface area contributed by atoms with Gasteiger partial charge >= 0.3 is 5.97 Å². The average Bonchev–Trinajstić information content (AvgIpc) is 2.72. The number of carboxylic acid groups (broad SMARTS) is 1. The predicted octanol–water partition coefficient (Wildman–Crippen LogP) is 3.86. The fourth-order valence-corrected chi connectivity index (χ4v) is 4.97. The molecule has 0 bridgehead atoms. The standard InChI is InChI=1S/C21H21F2N3O4S/c1-2-15-5-6-16(20(27)28)11-19(15)31(29,30)25-17-10-14(12-24)4-7-18(17)26-9-3-8-21(22,23)13-26/h4-7,10-11,25H,2-3,8-9,13H2,1H3,(H,27,28). The van der Waals surface area contributed by atoms with Gasteiger partial charge in [0.2, 0.25) is 0 Å². The lowest BCUT2D eigenvalue weighted by molar-refractivity contribution is -0.0116. The Morgan fingerprint density at radius 1 is 1.29 bits per heavy atom. The van der Waals surface area contributed by atoms with Crippen molar-refractivity contribution in [2.75, 3.05) is 22.7 Å². The van der Waals surface area contributed by atoms with Crippen LogP contribution in [0.4, 0.5) is 20.2 Å². The maximum absolute atomic E-state index is 14.0. The van der Waals surface area contributed by atoms with E-state index in [1.807, 2.05) is 6.07 Å². The lowest BCUT2D eigenvalue weighted by atomic mass is 10.1. The highest BCUT2D eigenvalue weighted by molar-refractivity contribution is 7.92. The Morgan fingerprint density at radius 3 is 2.65 bits per heavy atom. The zero-order chi connectivity index (χ0) is 22.8. The third kappa shape index (κ3) is 4.94. The minimum absolute atomic E-state index is 0.0143.